The van der Waals surface area contributed by atoms with Crippen LogP contribution in [-0.4, -0.2) is 6.54 Å². The predicted octanol–water partition coefficient (Wildman–Crippen LogP) is 2.02. The lowest BCUT2D eigenvalue weighted by Gasteiger charge is -2.15. The lowest BCUT2D eigenvalue weighted by molar-refractivity contribution is -0.00136. The lowest BCUT2D eigenvalue weighted by atomic mass is 10.1. The first kappa shape index (κ1) is 9.98. The van der Waals surface area contributed by atoms with Gasteiger partial charge in [0.15, 0.2) is 0 Å². The molecule has 0 aliphatic rings. The fourth-order valence-electron chi connectivity index (χ4n) is 0.949. The maximum absolute atomic E-state index is 12.8. The number of hydrogen-bond donors (Lipinski definition) is 1. The highest BCUT2D eigenvalue weighted by atomic mass is 19.3. The zero-order chi connectivity index (χ0) is 10.1. The zero-order valence-corrected chi connectivity index (χ0v) is 6.53. The molecule has 1 nitrogen and oxygen atoms in total. The van der Waals surface area contributed by atoms with Crippen LogP contribution in [0.3, 0.4) is 0 Å². The van der Waals surface area contributed by atoms with Gasteiger partial charge in [0.2, 0.25) is 0 Å². The molecule has 5 heteroatoms. The van der Waals surface area contributed by atoms with Gasteiger partial charge >= 0.3 is 0 Å². The Morgan fingerprint density at radius 2 is 1.62 bits per heavy atom. The van der Waals surface area contributed by atoms with E-state index in [2.05, 4.69) is 0 Å². The summed E-state index contributed by atoms with van der Waals surface area (Å²) in [5.41, 5.74) is 3.43. The van der Waals surface area contributed by atoms with Crippen LogP contribution >= 0.6 is 0 Å². The van der Waals surface area contributed by atoms with E-state index in [4.69, 9.17) is 5.73 Å². The normalized spacial score (nSPS) is 11.8. The first-order chi connectivity index (χ1) is 5.99. The van der Waals surface area contributed by atoms with Gasteiger partial charge in [-0.25, -0.2) is 8.78 Å². The molecule has 0 aliphatic heterocycles. The van der Waals surface area contributed by atoms with Crippen molar-refractivity contribution < 1.29 is 17.6 Å². The van der Waals surface area contributed by atoms with Crippen LogP contribution in [0.5, 0.6) is 0 Å². The average Bonchev–Trinajstić information content (AvgIpc) is 2.03. The largest absolute Gasteiger partial charge is 0.325 e. The Bertz CT molecular complexity index is 291. The van der Waals surface area contributed by atoms with Gasteiger partial charge in [-0.2, -0.15) is 8.78 Å². The molecule has 0 unspecified atom stereocenters. The summed E-state index contributed by atoms with van der Waals surface area (Å²) < 4.78 is 51.1. The van der Waals surface area contributed by atoms with Crippen LogP contribution in [0.15, 0.2) is 18.2 Å². The van der Waals surface area contributed by atoms with Crippen molar-refractivity contribution >= 4 is 0 Å². The van der Waals surface area contributed by atoms with E-state index in [9.17, 15) is 17.6 Å². The first-order valence-electron chi connectivity index (χ1n) is 3.51. The van der Waals surface area contributed by atoms with Crippen LogP contribution in [-0.2, 0) is 5.92 Å². The summed E-state index contributed by atoms with van der Waals surface area (Å²) in [7, 11) is 0. The lowest BCUT2D eigenvalue weighted by Crippen LogP contribution is -2.27. The van der Waals surface area contributed by atoms with Gasteiger partial charge < -0.3 is 5.73 Å². The minimum Gasteiger partial charge on any atom is -0.325 e. The number of benzene rings is 1. The molecule has 0 amide bonds. The fraction of sp³-hybridized carbons (Fsp3) is 0.250. The van der Waals surface area contributed by atoms with Gasteiger partial charge in [-0.3, -0.25) is 0 Å². The Morgan fingerprint density at radius 1 is 1.15 bits per heavy atom. The summed E-state index contributed by atoms with van der Waals surface area (Å²) in [5, 5.41) is 0. The van der Waals surface area contributed by atoms with Crippen LogP contribution in [0.2, 0.25) is 0 Å². The summed E-state index contributed by atoms with van der Waals surface area (Å²) in [6, 6.07) is 2.55. The van der Waals surface area contributed by atoms with Crippen LogP contribution in [0.1, 0.15) is 5.56 Å². The summed E-state index contributed by atoms with van der Waals surface area (Å²) in [6.07, 6.45) is 0. The van der Waals surface area contributed by atoms with Crippen LogP contribution in [0.25, 0.3) is 0 Å². The van der Waals surface area contributed by atoms with Crippen molar-refractivity contribution in [3.05, 3.63) is 35.4 Å². The standard InChI is InChI=1S/C8H7F4N/c9-5-2-1-3-6(10)7(5)8(11,12)4-13/h1-3H,4,13H2. The Morgan fingerprint density at radius 3 is 2.00 bits per heavy atom. The summed E-state index contributed by atoms with van der Waals surface area (Å²) in [5.74, 6) is -6.22. The van der Waals surface area contributed by atoms with E-state index in [1.807, 2.05) is 0 Å². The molecular weight excluding hydrogens is 186 g/mol. The third kappa shape index (κ3) is 1.80. The highest BCUT2D eigenvalue weighted by molar-refractivity contribution is 5.24. The number of nitrogens with two attached hydrogens (primary N) is 1. The van der Waals surface area contributed by atoms with Crippen LogP contribution in [0.4, 0.5) is 17.6 Å². The molecule has 0 saturated carbocycles. The van der Waals surface area contributed by atoms with Crippen molar-refractivity contribution in [3.63, 3.8) is 0 Å². The molecular formula is C8H7F4N. The molecule has 0 radical (unpaired) electrons. The predicted molar refractivity (Wildman–Crippen MR) is 39.3 cm³/mol. The highest BCUT2D eigenvalue weighted by Gasteiger charge is 2.35. The van der Waals surface area contributed by atoms with Crippen molar-refractivity contribution in [2.75, 3.05) is 6.54 Å². The second kappa shape index (κ2) is 3.33. The van der Waals surface area contributed by atoms with Gasteiger partial charge in [0.1, 0.15) is 11.6 Å². The van der Waals surface area contributed by atoms with Gasteiger partial charge in [0, 0.05) is 0 Å². The maximum Gasteiger partial charge on any atom is 0.290 e. The van der Waals surface area contributed by atoms with E-state index in [1.54, 1.807) is 0 Å². The minimum absolute atomic E-state index is 0.766. The molecule has 0 bridgehead atoms. The van der Waals surface area contributed by atoms with Crippen molar-refractivity contribution in [3.8, 4) is 0 Å². The third-order valence-electron chi connectivity index (χ3n) is 1.58. The Balaban J connectivity index is 3.28. The minimum atomic E-state index is -3.66. The molecule has 0 aromatic heterocycles. The Labute approximate surface area is 72.2 Å². The molecule has 0 fully saturated rings. The fourth-order valence-corrected chi connectivity index (χ4v) is 0.949. The van der Waals surface area contributed by atoms with E-state index in [0.29, 0.717) is 0 Å². The van der Waals surface area contributed by atoms with Gasteiger partial charge in [0.25, 0.3) is 5.92 Å². The maximum atomic E-state index is 12.8. The van der Waals surface area contributed by atoms with Gasteiger partial charge in [-0.1, -0.05) is 6.07 Å². The van der Waals surface area contributed by atoms with Gasteiger partial charge in [0.05, 0.1) is 12.1 Å². The molecule has 1 aromatic carbocycles. The van der Waals surface area contributed by atoms with Crippen molar-refractivity contribution in [1.82, 2.24) is 0 Å². The van der Waals surface area contributed by atoms with Crippen molar-refractivity contribution in [2.24, 2.45) is 5.73 Å². The third-order valence-corrected chi connectivity index (χ3v) is 1.58. The van der Waals surface area contributed by atoms with Crippen molar-refractivity contribution in [2.45, 2.75) is 5.92 Å². The number of halogens is 4. The highest BCUT2D eigenvalue weighted by Crippen LogP contribution is 2.30. The second-order valence-corrected chi connectivity index (χ2v) is 2.51. The second-order valence-electron chi connectivity index (χ2n) is 2.51. The van der Waals surface area contributed by atoms with Gasteiger partial charge in [-0.15, -0.1) is 0 Å². The van der Waals surface area contributed by atoms with Crippen LogP contribution in [0, 0.1) is 11.6 Å². The molecule has 2 N–H and O–H groups in total. The molecule has 0 spiro atoms. The smallest absolute Gasteiger partial charge is 0.290 e. The summed E-state index contributed by atoms with van der Waals surface area (Å²) in [6.45, 7) is -1.12. The molecule has 0 atom stereocenters. The molecule has 0 saturated heterocycles. The zero-order valence-electron chi connectivity index (χ0n) is 6.53. The quantitative estimate of drug-likeness (QED) is 0.714. The number of rotatable bonds is 2. The summed E-state index contributed by atoms with van der Waals surface area (Å²) >= 11 is 0. The molecule has 1 rings (SSSR count). The number of hydrogen-bond acceptors (Lipinski definition) is 1. The molecule has 1 aromatic rings. The van der Waals surface area contributed by atoms with E-state index in [1.165, 1.54) is 0 Å². The van der Waals surface area contributed by atoms with Gasteiger partial charge in [-0.05, 0) is 12.1 Å². The number of alkyl halides is 2. The molecule has 0 heterocycles. The monoisotopic (exact) mass is 193 g/mol. The molecule has 0 aliphatic carbocycles. The average molecular weight is 193 g/mol. The van der Waals surface area contributed by atoms with E-state index >= 15 is 0 Å². The first-order valence-corrected chi connectivity index (χ1v) is 3.51. The van der Waals surface area contributed by atoms with E-state index in [-0.39, 0.29) is 0 Å². The van der Waals surface area contributed by atoms with E-state index in [0.717, 1.165) is 18.2 Å². The Hall–Kier alpha value is -1.10. The SMILES string of the molecule is NCC(F)(F)c1c(F)cccc1F. The molecule has 13 heavy (non-hydrogen) atoms. The topological polar surface area (TPSA) is 26.0 Å². The van der Waals surface area contributed by atoms with Crippen LogP contribution < -0.4 is 5.73 Å². The Kier molecular flexibility index (Phi) is 2.56. The summed E-state index contributed by atoms with van der Waals surface area (Å²) in [4.78, 5) is 0. The van der Waals surface area contributed by atoms with E-state index < -0.39 is 29.7 Å². The van der Waals surface area contributed by atoms with Crippen molar-refractivity contribution in [1.29, 1.82) is 0 Å². The molecule has 72 valence electrons.